The highest BCUT2D eigenvalue weighted by molar-refractivity contribution is 5.74. The lowest BCUT2D eigenvalue weighted by Gasteiger charge is -2.24. The van der Waals surface area contributed by atoms with E-state index >= 15 is 0 Å². The fourth-order valence-corrected chi connectivity index (χ4v) is 2.52. The Morgan fingerprint density at radius 1 is 1.56 bits per heavy atom. The van der Waals surface area contributed by atoms with Crippen LogP contribution < -0.4 is 4.90 Å². The molecule has 2 aromatic heterocycles. The van der Waals surface area contributed by atoms with Gasteiger partial charge in [0, 0.05) is 25.0 Å². The zero-order valence-electron chi connectivity index (χ0n) is 9.89. The molecule has 18 heavy (non-hydrogen) atoms. The van der Waals surface area contributed by atoms with Crippen LogP contribution in [0.3, 0.4) is 0 Å². The van der Waals surface area contributed by atoms with E-state index in [2.05, 4.69) is 15.2 Å². The maximum atomic E-state index is 11.1. The van der Waals surface area contributed by atoms with E-state index in [9.17, 15) is 4.79 Å². The molecular weight excluding hydrogens is 234 g/mol. The van der Waals surface area contributed by atoms with Gasteiger partial charge in [0.25, 0.3) is 0 Å². The van der Waals surface area contributed by atoms with Gasteiger partial charge in [0.1, 0.15) is 6.33 Å². The van der Waals surface area contributed by atoms with E-state index in [0.29, 0.717) is 24.4 Å². The van der Waals surface area contributed by atoms with Crippen LogP contribution in [-0.2, 0) is 4.79 Å². The number of carboxylic acids is 1. The van der Waals surface area contributed by atoms with Gasteiger partial charge in [0.05, 0.1) is 5.92 Å². The minimum absolute atomic E-state index is 0.0853. The highest BCUT2D eigenvalue weighted by Gasteiger charge is 2.37. The van der Waals surface area contributed by atoms with Crippen molar-refractivity contribution in [2.45, 2.75) is 19.4 Å². The average Bonchev–Trinajstić information content (AvgIpc) is 2.94. The third-order valence-electron chi connectivity index (χ3n) is 3.54. The van der Waals surface area contributed by atoms with Crippen molar-refractivity contribution >= 4 is 17.4 Å². The van der Waals surface area contributed by atoms with Gasteiger partial charge >= 0.3 is 5.97 Å². The quantitative estimate of drug-likeness (QED) is 0.828. The van der Waals surface area contributed by atoms with Gasteiger partial charge in [0.15, 0.2) is 5.82 Å². The Kier molecular flexibility index (Phi) is 2.39. The second-order valence-corrected chi connectivity index (χ2v) is 4.48. The molecule has 0 saturated carbocycles. The molecule has 0 bridgehead atoms. The lowest BCUT2D eigenvalue weighted by Crippen LogP contribution is -2.33. The molecule has 7 nitrogen and oxygen atoms in total. The van der Waals surface area contributed by atoms with E-state index in [-0.39, 0.29) is 12.0 Å². The van der Waals surface area contributed by atoms with Crippen molar-refractivity contribution in [3.05, 3.63) is 18.7 Å². The highest BCUT2D eigenvalue weighted by Crippen LogP contribution is 2.30. The molecule has 0 aliphatic carbocycles. The Balaban J connectivity index is 2.01. The first-order valence-electron chi connectivity index (χ1n) is 5.82. The molecule has 1 fully saturated rings. The van der Waals surface area contributed by atoms with Crippen molar-refractivity contribution < 1.29 is 9.90 Å². The Labute approximate surface area is 103 Å². The average molecular weight is 247 g/mol. The fraction of sp³-hybridized carbons (Fsp3) is 0.455. The minimum atomic E-state index is -0.751. The van der Waals surface area contributed by atoms with Crippen LogP contribution >= 0.6 is 0 Å². The number of rotatable bonds is 2. The Hall–Kier alpha value is -2.18. The lowest BCUT2D eigenvalue weighted by atomic mass is 10.0. The molecular formula is C11H13N5O2. The molecule has 2 unspecified atom stereocenters. The van der Waals surface area contributed by atoms with Gasteiger partial charge in [-0.25, -0.2) is 4.98 Å². The number of hydrogen-bond donors (Lipinski definition) is 1. The highest BCUT2D eigenvalue weighted by atomic mass is 16.4. The smallest absolute Gasteiger partial charge is 0.308 e. The van der Waals surface area contributed by atoms with Gasteiger partial charge in [-0.05, 0) is 13.3 Å². The third kappa shape index (κ3) is 1.51. The first-order chi connectivity index (χ1) is 8.68. The molecule has 1 aliphatic rings. The number of aliphatic carboxylic acids is 1. The Morgan fingerprint density at radius 3 is 3.11 bits per heavy atom. The summed E-state index contributed by atoms with van der Waals surface area (Å²) in [5.41, 5.74) is 0.662. The third-order valence-corrected chi connectivity index (χ3v) is 3.54. The zero-order valence-corrected chi connectivity index (χ0v) is 9.89. The van der Waals surface area contributed by atoms with Gasteiger partial charge in [0.2, 0.25) is 5.65 Å². The van der Waals surface area contributed by atoms with E-state index < -0.39 is 5.97 Å². The van der Waals surface area contributed by atoms with Crippen LogP contribution in [0.1, 0.15) is 13.3 Å². The van der Waals surface area contributed by atoms with Gasteiger partial charge < -0.3 is 10.0 Å². The van der Waals surface area contributed by atoms with Crippen LogP contribution in [0.25, 0.3) is 5.65 Å². The molecule has 2 aromatic rings. The predicted octanol–water partition coefficient (Wildman–Crippen LogP) is 0.424. The van der Waals surface area contributed by atoms with Crippen LogP contribution in [0.5, 0.6) is 0 Å². The van der Waals surface area contributed by atoms with E-state index in [4.69, 9.17) is 5.11 Å². The molecule has 3 rings (SSSR count). The SMILES string of the molecule is CC1C(C(=O)O)CCN1c1nccn2cnnc12. The Morgan fingerprint density at radius 2 is 2.39 bits per heavy atom. The number of fused-ring (bicyclic) bond motifs is 1. The molecule has 1 aliphatic heterocycles. The van der Waals surface area contributed by atoms with E-state index in [1.54, 1.807) is 23.1 Å². The number of carboxylic acid groups (broad SMARTS) is 1. The summed E-state index contributed by atoms with van der Waals surface area (Å²) in [6.45, 7) is 2.59. The second-order valence-electron chi connectivity index (χ2n) is 4.48. The monoisotopic (exact) mass is 247 g/mol. The van der Waals surface area contributed by atoms with Gasteiger partial charge in [-0.1, -0.05) is 0 Å². The van der Waals surface area contributed by atoms with Crippen LogP contribution in [-0.4, -0.2) is 43.2 Å². The summed E-state index contributed by atoms with van der Waals surface area (Å²) in [7, 11) is 0. The summed E-state index contributed by atoms with van der Waals surface area (Å²) >= 11 is 0. The van der Waals surface area contributed by atoms with Crippen molar-refractivity contribution in [2.75, 3.05) is 11.4 Å². The molecule has 0 radical (unpaired) electrons. The number of nitrogens with zero attached hydrogens (tertiary/aromatic N) is 5. The number of anilines is 1. The number of hydrogen-bond acceptors (Lipinski definition) is 5. The van der Waals surface area contributed by atoms with Crippen LogP contribution in [0.2, 0.25) is 0 Å². The molecule has 0 amide bonds. The molecule has 3 heterocycles. The van der Waals surface area contributed by atoms with Crippen molar-refractivity contribution in [1.29, 1.82) is 0 Å². The lowest BCUT2D eigenvalue weighted by molar-refractivity contribution is -0.141. The van der Waals surface area contributed by atoms with Crippen molar-refractivity contribution in [1.82, 2.24) is 19.6 Å². The minimum Gasteiger partial charge on any atom is -0.481 e. The van der Waals surface area contributed by atoms with Crippen LogP contribution in [0, 0.1) is 5.92 Å². The van der Waals surface area contributed by atoms with E-state index in [0.717, 1.165) is 0 Å². The summed E-state index contributed by atoms with van der Waals surface area (Å²) < 4.78 is 1.78. The van der Waals surface area contributed by atoms with Crippen LogP contribution in [0.4, 0.5) is 5.82 Å². The molecule has 2 atom stereocenters. The van der Waals surface area contributed by atoms with Gasteiger partial charge in [-0.15, -0.1) is 10.2 Å². The van der Waals surface area contributed by atoms with E-state index in [1.807, 2.05) is 11.8 Å². The standard InChI is InChI=1S/C11H13N5O2/c1-7-8(11(17)18)2-4-16(7)9-10-14-13-6-15(10)5-3-12-9/h3,5-8H,2,4H2,1H3,(H,17,18). The van der Waals surface area contributed by atoms with Gasteiger partial charge in [-0.2, -0.15) is 0 Å². The molecule has 1 N–H and O–H groups in total. The number of aromatic nitrogens is 4. The van der Waals surface area contributed by atoms with E-state index in [1.165, 1.54) is 0 Å². The first kappa shape index (κ1) is 10.9. The summed E-state index contributed by atoms with van der Waals surface area (Å²) in [5, 5.41) is 17.0. The van der Waals surface area contributed by atoms with Crippen LogP contribution in [0.15, 0.2) is 18.7 Å². The molecule has 94 valence electrons. The van der Waals surface area contributed by atoms with Crippen molar-refractivity contribution in [2.24, 2.45) is 5.92 Å². The molecule has 0 spiro atoms. The predicted molar refractivity (Wildman–Crippen MR) is 63.3 cm³/mol. The van der Waals surface area contributed by atoms with Crippen molar-refractivity contribution in [3.63, 3.8) is 0 Å². The summed E-state index contributed by atoms with van der Waals surface area (Å²) in [6.07, 6.45) is 5.68. The second kappa shape index (κ2) is 3.94. The van der Waals surface area contributed by atoms with Crippen molar-refractivity contribution in [3.8, 4) is 0 Å². The molecule has 7 heteroatoms. The number of carbonyl (C=O) groups is 1. The summed E-state index contributed by atoms with van der Waals surface area (Å²) in [6, 6.07) is -0.0853. The topological polar surface area (TPSA) is 83.6 Å². The molecule has 1 saturated heterocycles. The Bertz CT molecular complexity index is 596. The normalized spacial score (nSPS) is 23.7. The maximum absolute atomic E-state index is 11.1. The fourth-order valence-electron chi connectivity index (χ4n) is 2.52. The largest absolute Gasteiger partial charge is 0.481 e. The van der Waals surface area contributed by atoms with Gasteiger partial charge in [-0.3, -0.25) is 9.20 Å². The first-order valence-corrected chi connectivity index (χ1v) is 5.82. The maximum Gasteiger partial charge on any atom is 0.308 e. The zero-order chi connectivity index (χ0) is 12.7. The summed E-state index contributed by atoms with van der Waals surface area (Å²) in [5.74, 6) is -0.403. The summed E-state index contributed by atoms with van der Waals surface area (Å²) in [4.78, 5) is 17.4. The molecule has 0 aromatic carbocycles.